The summed E-state index contributed by atoms with van der Waals surface area (Å²) in [7, 11) is 1.41. The predicted molar refractivity (Wildman–Crippen MR) is 55.4 cm³/mol. The van der Waals surface area contributed by atoms with Gasteiger partial charge in [0.05, 0.1) is 12.7 Å². The lowest BCUT2D eigenvalue weighted by Crippen LogP contribution is -2.63. The first-order valence-corrected chi connectivity index (χ1v) is 5.65. The van der Waals surface area contributed by atoms with E-state index < -0.39 is 5.60 Å². The molecule has 0 bridgehead atoms. The van der Waals surface area contributed by atoms with Gasteiger partial charge in [0.1, 0.15) is 0 Å². The van der Waals surface area contributed by atoms with Gasteiger partial charge in [-0.05, 0) is 31.7 Å². The Labute approximate surface area is 90.2 Å². The van der Waals surface area contributed by atoms with Gasteiger partial charge in [-0.15, -0.1) is 0 Å². The quantitative estimate of drug-likeness (QED) is 0.671. The highest BCUT2D eigenvalue weighted by molar-refractivity contribution is 5.69. The predicted octanol–water partition coefficient (Wildman–Crippen LogP) is 0.396. The summed E-state index contributed by atoms with van der Waals surface area (Å²) in [4.78, 5) is 13.1. The number of aliphatic hydroxyl groups is 1. The molecule has 0 unspecified atom stereocenters. The summed E-state index contributed by atoms with van der Waals surface area (Å²) in [6.45, 7) is 2.47. The van der Waals surface area contributed by atoms with Gasteiger partial charge in [0, 0.05) is 19.5 Å². The van der Waals surface area contributed by atoms with Gasteiger partial charge in [0.15, 0.2) is 0 Å². The number of esters is 1. The molecule has 2 aliphatic rings. The Hall–Kier alpha value is -0.610. The van der Waals surface area contributed by atoms with Crippen molar-refractivity contribution in [2.75, 3.05) is 26.7 Å². The molecule has 2 fully saturated rings. The van der Waals surface area contributed by atoms with Gasteiger partial charge in [0.25, 0.3) is 0 Å². The van der Waals surface area contributed by atoms with Gasteiger partial charge < -0.3 is 9.84 Å². The van der Waals surface area contributed by atoms with Gasteiger partial charge in [-0.1, -0.05) is 0 Å². The van der Waals surface area contributed by atoms with Crippen LogP contribution in [0.5, 0.6) is 0 Å². The van der Waals surface area contributed by atoms with E-state index in [4.69, 9.17) is 0 Å². The first kappa shape index (κ1) is 10.9. The highest BCUT2D eigenvalue weighted by atomic mass is 16.5. The third-order valence-corrected chi connectivity index (χ3v) is 3.42. The van der Waals surface area contributed by atoms with Crippen molar-refractivity contribution in [3.8, 4) is 0 Å². The number of carbonyl (C=O) groups excluding carboxylic acids is 1. The highest BCUT2D eigenvalue weighted by Gasteiger charge is 2.51. The standard InChI is InChI=1S/C11H19NO3/c1-15-10(13)3-2-6-12-7-11(14,8-12)9-4-5-9/h9,14H,2-8H2,1H3. The number of likely N-dealkylation sites (tertiary alicyclic amines) is 1. The van der Waals surface area contributed by atoms with Crippen LogP contribution >= 0.6 is 0 Å². The fourth-order valence-electron chi connectivity index (χ4n) is 2.31. The molecule has 0 aromatic carbocycles. The van der Waals surface area contributed by atoms with Crippen LogP contribution in [0.3, 0.4) is 0 Å². The van der Waals surface area contributed by atoms with Crippen molar-refractivity contribution in [2.45, 2.75) is 31.3 Å². The molecule has 0 spiro atoms. The Morgan fingerprint density at radius 2 is 2.20 bits per heavy atom. The molecule has 15 heavy (non-hydrogen) atoms. The van der Waals surface area contributed by atoms with Gasteiger partial charge >= 0.3 is 5.97 Å². The van der Waals surface area contributed by atoms with Crippen LogP contribution in [0.4, 0.5) is 0 Å². The molecule has 1 aliphatic heterocycles. The second-order valence-electron chi connectivity index (χ2n) is 4.77. The van der Waals surface area contributed by atoms with Crippen LogP contribution < -0.4 is 0 Å². The molecule has 4 heteroatoms. The fraction of sp³-hybridized carbons (Fsp3) is 0.909. The maximum Gasteiger partial charge on any atom is 0.305 e. The van der Waals surface area contributed by atoms with Crippen molar-refractivity contribution in [1.29, 1.82) is 0 Å². The number of ether oxygens (including phenoxy) is 1. The number of β-amino-alcohol motifs (C(OH)–C–C–N with tert-alkyl or cyclic N) is 1. The Morgan fingerprint density at radius 1 is 1.53 bits per heavy atom. The third kappa shape index (κ3) is 2.49. The van der Waals surface area contributed by atoms with Crippen molar-refractivity contribution >= 4 is 5.97 Å². The van der Waals surface area contributed by atoms with E-state index in [9.17, 15) is 9.90 Å². The van der Waals surface area contributed by atoms with Crippen LogP contribution in [-0.2, 0) is 9.53 Å². The molecular formula is C11H19NO3. The average Bonchev–Trinajstić information content (AvgIpc) is 2.97. The van der Waals surface area contributed by atoms with E-state index >= 15 is 0 Å². The Morgan fingerprint density at radius 3 is 2.73 bits per heavy atom. The van der Waals surface area contributed by atoms with Crippen LogP contribution in [0.2, 0.25) is 0 Å². The number of methoxy groups -OCH3 is 1. The molecular weight excluding hydrogens is 194 g/mol. The van der Waals surface area contributed by atoms with Crippen LogP contribution in [0, 0.1) is 5.92 Å². The summed E-state index contributed by atoms with van der Waals surface area (Å²) in [5, 5.41) is 10.0. The van der Waals surface area contributed by atoms with Crippen molar-refractivity contribution in [1.82, 2.24) is 4.90 Å². The minimum atomic E-state index is -0.398. The number of rotatable bonds is 5. The lowest BCUT2D eigenvalue weighted by atomic mass is 9.88. The van der Waals surface area contributed by atoms with Gasteiger partial charge in [-0.25, -0.2) is 0 Å². The number of hydrogen-bond acceptors (Lipinski definition) is 4. The minimum absolute atomic E-state index is 0.145. The normalized spacial score (nSPS) is 24.7. The Bertz CT molecular complexity index is 244. The van der Waals surface area contributed by atoms with Crippen molar-refractivity contribution in [2.24, 2.45) is 5.92 Å². The molecule has 86 valence electrons. The van der Waals surface area contributed by atoms with E-state index in [0.29, 0.717) is 12.3 Å². The summed E-state index contributed by atoms with van der Waals surface area (Å²) in [5.41, 5.74) is -0.398. The summed E-state index contributed by atoms with van der Waals surface area (Å²) in [5.74, 6) is 0.405. The van der Waals surface area contributed by atoms with Gasteiger partial charge in [0.2, 0.25) is 0 Å². The summed E-state index contributed by atoms with van der Waals surface area (Å²) < 4.78 is 4.57. The third-order valence-electron chi connectivity index (χ3n) is 3.42. The maximum absolute atomic E-state index is 10.9. The SMILES string of the molecule is COC(=O)CCCN1CC(O)(C2CC2)C1. The first-order valence-electron chi connectivity index (χ1n) is 5.65. The summed E-state index contributed by atoms with van der Waals surface area (Å²) in [6.07, 6.45) is 3.68. The zero-order chi connectivity index (χ0) is 10.9. The van der Waals surface area contributed by atoms with E-state index in [1.165, 1.54) is 20.0 Å². The fourth-order valence-corrected chi connectivity index (χ4v) is 2.31. The number of hydrogen-bond donors (Lipinski definition) is 1. The lowest BCUT2D eigenvalue weighted by Gasteiger charge is -2.47. The molecule has 1 aliphatic carbocycles. The summed E-state index contributed by atoms with van der Waals surface area (Å²) in [6, 6.07) is 0. The van der Waals surface area contributed by atoms with Crippen LogP contribution in [0.25, 0.3) is 0 Å². The molecule has 1 saturated heterocycles. The highest BCUT2D eigenvalue weighted by Crippen LogP contribution is 2.44. The molecule has 1 heterocycles. The van der Waals surface area contributed by atoms with Gasteiger partial charge in [-0.3, -0.25) is 9.69 Å². The number of carbonyl (C=O) groups is 1. The van der Waals surface area contributed by atoms with Crippen molar-refractivity contribution in [3.05, 3.63) is 0 Å². The average molecular weight is 213 g/mol. The van der Waals surface area contributed by atoms with E-state index in [0.717, 1.165) is 26.1 Å². The number of nitrogens with zero attached hydrogens (tertiary/aromatic N) is 1. The largest absolute Gasteiger partial charge is 0.469 e. The molecule has 1 saturated carbocycles. The molecule has 0 aromatic rings. The zero-order valence-corrected chi connectivity index (χ0v) is 9.24. The maximum atomic E-state index is 10.9. The summed E-state index contributed by atoms with van der Waals surface area (Å²) >= 11 is 0. The topological polar surface area (TPSA) is 49.8 Å². The van der Waals surface area contributed by atoms with Crippen LogP contribution in [0.15, 0.2) is 0 Å². The Balaban J connectivity index is 1.57. The van der Waals surface area contributed by atoms with E-state index in [2.05, 4.69) is 9.64 Å². The van der Waals surface area contributed by atoms with Crippen molar-refractivity contribution < 1.29 is 14.6 Å². The molecule has 2 rings (SSSR count). The molecule has 0 amide bonds. The molecule has 4 nitrogen and oxygen atoms in total. The van der Waals surface area contributed by atoms with Crippen LogP contribution in [-0.4, -0.2) is 48.3 Å². The molecule has 0 radical (unpaired) electrons. The van der Waals surface area contributed by atoms with Gasteiger partial charge in [-0.2, -0.15) is 0 Å². The monoisotopic (exact) mass is 213 g/mol. The minimum Gasteiger partial charge on any atom is -0.469 e. The zero-order valence-electron chi connectivity index (χ0n) is 9.24. The van der Waals surface area contributed by atoms with Crippen LogP contribution in [0.1, 0.15) is 25.7 Å². The molecule has 0 aromatic heterocycles. The second kappa shape index (κ2) is 4.10. The molecule has 1 N–H and O–H groups in total. The van der Waals surface area contributed by atoms with E-state index in [1.807, 2.05) is 0 Å². The van der Waals surface area contributed by atoms with E-state index in [-0.39, 0.29) is 5.97 Å². The first-order chi connectivity index (χ1) is 7.14. The lowest BCUT2D eigenvalue weighted by molar-refractivity contribution is -0.141. The second-order valence-corrected chi connectivity index (χ2v) is 4.77. The molecule has 0 atom stereocenters. The van der Waals surface area contributed by atoms with E-state index in [1.54, 1.807) is 0 Å². The smallest absolute Gasteiger partial charge is 0.305 e. The Kier molecular flexibility index (Phi) is 2.98. The van der Waals surface area contributed by atoms with Crippen molar-refractivity contribution in [3.63, 3.8) is 0 Å².